The highest BCUT2D eigenvalue weighted by Crippen LogP contribution is 2.53. The molecule has 1 amide bonds. The number of amides is 1. The predicted octanol–water partition coefficient (Wildman–Crippen LogP) is 6.64. The van der Waals surface area contributed by atoms with Gasteiger partial charge in [0.2, 0.25) is 5.91 Å². The summed E-state index contributed by atoms with van der Waals surface area (Å²) in [4.78, 5) is 13.9. The Kier molecular flexibility index (Phi) is 9.37. The maximum Gasteiger partial charge on any atom is 0.237 e. The van der Waals surface area contributed by atoms with Gasteiger partial charge in [0.25, 0.3) is 0 Å². The second kappa shape index (κ2) is 12.1. The van der Waals surface area contributed by atoms with Crippen LogP contribution in [0.25, 0.3) is 0 Å². The molecule has 5 atom stereocenters. The van der Waals surface area contributed by atoms with E-state index in [1.807, 2.05) is 34.6 Å². The molecular formula is C31H37Cl2F2N3O3. The Labute approximate surface area is 250 Å². The van der Waals surface area contributed by atoms with Gasteiger partial charge >= 0.3 is 0 Å². The molecule has 0 bridgehead atoms. The minimum Gasteiger partial charge on any atom is -0.355 e. The number of carbonyl (C=O) groups excluding carboxylic acids is 1. The van der Waals surface area contributed by atoms with Gasteiger partial charge < -0.3 is 20.1 Å². The molecule has 0 saturated carbocycles. The van der Waals surface area contributed by atoms with Gasteiger partial charge in [-0.2, -0.15) is 5.26 Å². The molecule has 2 heterocycles. The smallest absolute Gasteiger partial charge is 0.237 e. The number of nitrogens with zero attached hydrogens (tertiary/aromatic N) is 1. The highest BCUT2D eigenvalue weighted by Gasteiger charge is 2.61. The molecule has 2 aromatic rings. The van der Waals surface area contributed by atoms with Crippen LogP contribution in [-0.2, 0) is 19.7 Å². The average molecular weight is 609 g/mol. The molecule has 4 rings (SSSR count). The molecule has 222 valence electrons. The van der Waals surface area contributed by atoms with Crippen molar-refractivity contribution in [2.75, 3.05) is 13.2 Å². The van der Waals surface area contributed by atoms with Crippen LogP contribution in [0.2, 0.25) is 10.0 Å². The van der Waals surface area contributed by atoms with Crippen molar-refractivity contribution in [3.05, 3.63) is 69.2 Å². The van der Waals surface area contributed by atoms with Gasteiger partial charge in [-0.15, -0.1) is 0 Å². The summed E-state index contributed by atoms with van der Waals surface area (Å²) >= 11 is 12.3. The number of carbonyl (C=O) groups is 1. The molecule has 2 aliphatic rings. The fraction of sp³-hybridized carbons (Fsp3) is 0.548. The van der Waals surface area contributed by atoms with E-state index < -0.39 is 46.7 Å². The van der Waals surface area contributed by atoms with Crippen LogP contribution in [0.3, 0.4) is 0 Å². The molecule has 0 unspecified atom stereocenters. The molecule has 2 N–H and O–H groups in total. The van der Waals surface area contributed by atoms with Crippen molar-refractivity contribution in [2.45, 2.75) is 89.2 Å². The van der Waals surface area contributed by atoms with Gasteiger partial charge in [0.05, 0.1) is 29.8 Å². The average Bonchev–Trinajstić information content (AvgIpc) is 3.42. The third kappa shape index (κ3) is 6.40. The highest BCUT2D eigenvalue weighted by atomic mass is 35.5. The van der Waals surface area contributed by atoms with Crippen molar-refractivity contribution in [2.24, 2.45) is 5.41 Å². The highest BCUT2D eigenvalue weighted by molar-refractivity contribution is 6.31. The Balaban J connectivity index is 1.80. The Hall–Kier alpha value is -2.28. The first-order valence-corrected chi connectivity index (χ1v) is 14.7. The number of hydrogen-bond donors (Lipinski definition) is 2. The van der Waals surface area contributed by atoms with E-state index in [4.69, 9.17) is 32.7 Å². The summed E-state index contributed by atoms with van der Waals surface area (Å²) < 4.78 is 43.0. The lowest BCUT2D eigenvalue weighted by molar-refractivity contribution is -0.138. The van der Waals surface area contributed by atoms with Crippen molar-refractivity contribution in [1.82, 2.24) is 10.6 Å². The standard InChI is InChI=1S/C31H37Cl2F2N3O3/c1-6-29(2,3)15-24-31(17-36,21-11-10-18(32)14-23(21)34)25(20-8-7-9-22(33)26(20)35)27(38-24)28(39)37-13-12-19-16-40-30(4,5)41-19/h7-11,14,19,24-25,27,38H,6,12-13,15-16H2,1-5H3,(H,37,39)/t19-,24-,25-,27+,31-/m0/s1. The molecular weight excluding hydrogens is 571 g/mol. The molecule has 2 saturated heterocycles. The second-order valence-electron chi connectivity index (χ2n) is 12.2. The van der Waals surface area contributed by atoms with Crippen LogP contribution in [0.4, 0.5) is 8.78 Å². The van der Waals surface area contributed by atoms with Crippen LogP contribution >= 0.6 is 23.2 Å². The van der Waals surface area contributed by atoms with Crippen LogP contribution in [0.1, 0.15) is 70.9 Å². The minimum absolute atomic E-state index is 0.0483. The van der Waals surface area contributed by atoms with Crippen LogP contribution in [0.5, 0.6) is 0 Å². The number of benzene rings is 2. The number of nitrogens with one attached hydrogen (secondary N) is 2. The van der Waals surface area contributed by atoms with Crippen LogP contribution < -0.4 is 10.6 Å². The summed E-state index contributed by atoms with van der Waals surface area (Å²) in [6.45, 7) is 10.4. The Morgan fingerprint density at radius 3 is 2.59 bits per heavy atom. The number of ether oxygens (including phenoxy) is 2. The summed E-state index contributed by atoms with van der Waals surface area (Å²) in [7, 11) is 0. The normalized spacial score (nSPS) is 27.5. The van der Waals surface area contributed by atoms with Crippen LogP contribution in [0, 0.1) is 28.4 Å². The van der Waals surface area contributed by atoms with Gasteiger partial charge in [-0.05, 0) is 55.9 Å². The van der Waals surface area contributed by atoms with Crippen molar-refractivity contribution in [3.63, 3.8) is 0 Å². The second-order valence-corrected chi connectivity index (χ2v) is 13.0. The summed E-state index contributed by atoms with van der Waals surface area (Å²) in [6, 6.07) is 9.19. The zero-order valence-corrected chi connectivity index (χ0v) is 25.5. The van der Waals surface area contributed by atoms with E-state index >= 15 is 8.78 Å². The maximum absolute atomic E-state index is 15.8. The van der Waals surface area contributed by atoms with Crippen molar-refractivity contribution in [3.8, 4) is 6.07 Å². The topological polar surface area (TPSA) is 83.4 Å². The van der Waals surface area contributed by atoms with E-state index in [9.17, 15) is 10.1 Å². The maximum atomic E-state index is 15.8. The van der Waals surface area contributed by atoms with Crippen molar-refractivity contribution < 1.29 is 23.0 Å². The molecule has 0 aliphatic carbocycles. The van der Waals surface area contributed by atoms with Crippen molar-refractivity contribution in [1.29, 1.82) is 5.26 Å². The molecule has 0 radical (unpaired) electrons. The van der Waals surface area contributed by atoms with Gasteiger partial charge in [-0.1, -0.05) is 68.6 Å². The van der Waals surface area contributed by atoms with Crippen LogP contribution in [0.15, 0.2) is 36.4 Å². The fourth-order valence-corrected chi connectivity index (χ4v) is 6.35. The molecule has 2 aliphatic heterocycles. The molecule has 2 aromatic carbocycles. The summed E-state index contributed by atoms with van der Waals surface area (Å²) in [5.41, 5.74) is -1.83. The van der Waals surface area contributed by atoms with E-state index in [2.05, 4.69) is 16.7 Å². The van der Waals surface area contributed by atoms with Gasteiger partial charge in [-0.3, -0.25) is 4.79 Å². The van der Waals surface area contributed by atoms with Gasteiger partial charge in [-0.25, -0.2) is 8.78 Å². The zero-order valence-electron chi connectivity index (χ0n) is 24.0. The molecule has 0 spiro atoms. The first-order valence-electron chi connectivity index (χ1n) is 13.9. The van der Waals surface area contributed by atoms with E-state index in [0.717, 1.165) is 12.5 Å². The SMILES string of the molecule is CCC(C)(C)C[C@@H]1N[C@@H](C(=O)NCC[C@H]2COC(C)(C)O2)[C@H](c2cccc(Cl)c2F)[C@@]1(C#N)c1ccc(Cl)cc1F. The number of rotatable bonds is 9. The Morgan fingerprint density at radius 2 is 1.98 bits per heavy atom. The first kappa shape index (κ1) is 31.7. The quantitative estimate of drug-likeness (QED) is 0.334. The number of hydrogen-bond acceptors (Lipinski definition) is 5. The molecule has 0 aromatic heterocycles. The molecule has 6 nitrogen and oxygen atoms in total. The lowest BCUT2D eigenvalue weighted by Crippen LogP contribution is -2.46. The van der Waals surface area contributed by atoms with Crippen LogP contribution in [-0.4, -0.2) is 43.0 Å². The van der Waals surface area contributed by atoms with Gasteiger partial charge in [0, 0.05) is 29.1 Å². The van der Waals surface area contributed by atoms with E-state index in [-0.39, 0.29) is 39.2 Å². The molecule has 10 heteroatoms. The van der Waals surface area contributed by atoms with Gasteiger partial charge in [0.15, 0.2) is 5.79 Å². The van der Waals surface area contributed by atoms with E-state index in [0.29, 0.717) is 19.4 Å². The summed E-state index contributed by atoms with van der Waals surface area (Å²) in [5.74, 6) is -3.68. The largest absolute Gasteiger partial charge is 0.355 e. The zero-order chi connectivity index (χ0) is 30.2. The lowest BCUT2D eigenvalue weighted by atomic mass is 9.62. The molecule has 41 heavy (non-hydrogen) atoms. The Bertz CT molecular complexity index is 1330. The fourth-order valence-electron chi connectivity index (χ4n) is 6.01. The van der Waals surface area contributed by atoms with Gasteiger partial charge in [0.1, 0.15) is 17.0 Å². The predicted molar refractivity (Wildman–Crippen MR) is 155 cm³/mol. The first-order chi connectivity index (χ1) is 19.2. The minimum atomic E-state index is -1.67. The summed E-state index contributed by atoms with van der Waals surface area (Å²) in [5, 5.41) is 17.3. The number of nitriles is 1. The van der Waals surface area contributed by atoms with Crippen molar-refractivity contribution >= 4 is 29.1 Å². The third-order valence-corrected chi connectivity index (χ3v) is 8.99. The monoisotopic (exact) mass is 607 g/mol. The molecule has 2 fully saturated rings. The number of halogens is 4. The Morgan fingerprint density at radius 1 is 1.24 bits per heavy atom. The third-order valence-electron chi connectivity index (χ3n) is 8.46. The lowest BCUT2D eigenvalue weighted by Gasteiger charge is -2.38. The summed E-state index contributed by atoms with van der Waals surface area (Å²) in [6.07, 6.45) is 1.49. The van der Waals surface area contributed by atoms with E-state index in [1.165, 1.54) is 24.3 Å². The van der Waals surface area contributed by atoms with E-state index in [1.54, 1.807) is 6.07 Å².